The van der Waals surface area contributed by atoms with Gasteiger partial charge in [0.2, 0.25) is 0 Å². The van der Waals surface area contributed by atoms with Crippen LogP contribution in [-0.4, -0.2) is 22.1 Å². The molecule has 23 heavy (non-hydrogen) atoms. The van der Waals surface area contributed by atoms with E-state index in [2.05, 4.69) is 9.98 Å². The van der Waals surface area contributed by atoms with Crippen LogP contribution in [0.4, 0.5) is 19.0 Å². The van der Waals surface area contributed by atoms with Crippen LogP contribution in [0.15, 0.2) is 53.2 Å². The molecule has 2 aromatic rings. The number of aliphatic hydroxyl groups excluding tert-OH is 1. The van der Waals surface area contributed by atoms with E-state index in [1.165, 1.54) is 0 Å². The van der Waals surface area contributed by atoms with Crippen LogP contribution in [0.2, 0.25) is 0 Å². The van der Waals surface area contributed by atoms with Crippen molar-refractivity contribution in [3.8, 4) is 0 Å². The third kappa shape index (κ3) is 2.73. The van der Waals surface area contributed by atoms with E-state index in [-0.39, 0.29) is 17.2 Å². The molecule has 0 saturated heterocycles. The molecule has 1 N–H and O–H groups in total. The zero-order valence-electron chi connectivity index (χ0n) is 11.5. The van der Waals surface area contributed by atoms with Crippen molar-refractivity contribution in [3.63, 3.8) is 0 Å². The van der Waals surface area contributed by atoms with E-state index < -0.39 is 17.5 Å². The molecule has 3 rings (SSSR count). The molecule has 1 aromatic carbocycles. The van der Waals surface area contributed by atoms with Gasteiger partial charge in [-0.15, -0.1) is 0 Å². The molecule has 0 aliphatic heterocycles. The maximum absolute atomic E-state index is 12.4. The minimum atomic E-state index is -4.47. The number of hydrogen-bond donors (Lipinski definition) is 1. The summed E-state index contributed by atoms with van der Waals surface area (Å²) < 4.78 is 37.3. The Balaban J connectivity index is 1.87. The van der Waals surface area contributed by atoms with E-state index in [1.807, 2.05) is 0 Å². The van der Waals surface area contributed by atoms with Crippen molar-refractivity contribution in [2.24, 2.45) is 4.99 Å². The van der Waals surface area contributed by atoms with Crippen molar-refractivity contribution in [1.82, 2.24) is 4.98 Å². The lowest BCUT2D eigenvalue weighted by Gasteiger charge is -2.04. The van der Waals surface area contributed by atoms with Crippen LogP contribution in [0.3, 0.4) is 0 Å². The molecule has 0 fully saturated rings. The van der Waals surface area contributed by atoms with E-state index in [0.29, 0.717) is 17.3 Å². The first-order valence-corrected chi connectivity index (χ1v) is 6.52. The maximum atomic E-state index is 12.4. The number of benzene rings is 1. The highest BCUT2D eigenvalue weighted by Gasteiger charge is 2.31. The molecule has 0 saturated carbocycles. The van der Waals surface area contributed by atoms with Gasteiger partial charge in [0.15, 0.2) is 11.6 Å². The van der Waals surface area contributed by atoms with Gasteiger partial charge in [-0.05, 0) is 12.1 Å². The molecular weight excluding hydrogens is 309 g/mol. The number of alkyl halides is 3. The van der Waals surface area contributed by atoms with E-state index in [9.17, 15) is 23.1 Å². The summed E-state index contributed by atoms with van der Waals surface area (Å²) in [6.45, 7) is 0. The normalized spacial score (nSPS) is 14.7. The van der Waals surface area contributed by atoms with Crippen molar-refractivity contribution in [3.05, 3.63) is 64.9 Å². The first kappa shape index (κ1) is 15.0. The minimum absolute atomic E-state index is 0.00190. The molecule has 0 radical (unpaired) electrons. The Kier molecular flexibility index (Phi) is 3.48. The SMILES string of the molecule is O=C1C(C=Nc2ccc(C(F)(F)F)cn2)=C(O)c2ccccc21. The molecular formula is C16H9F3N2O2. The maximum Gasteiger partial charge on any atom is 0.417 e. The number of rotatable bonds is 2. The number of hydrogen-bond acceptors (Lipinski definition) is 4. The van der Waals surface area contributed by atoms with Gasteiger partial charge < -0.3 is 5.11 Å². The predicted octanol–water partition coefficient (Wildman–Crippen LogP) is 3.97. The van der Waals surface area contributed by atoms with Crippen LogP contribution in [0.5, 0.6) is 0 Å². The molecule has 1 aromatic heterocycles. The second-order valence-electron chi connectivity index (χ2n) is 4.80. The number of halogens is 3. The fourth-order valence-electron chi connectivity index (χ4n) is 2.17. The second kappa shape index (κ2) is 5.35. The predicted molar refractivity (Wildman–Crippen MR) is 77.7 cm³/mol. The van der Waals surface area contributed by atoms with E-state index in [1.54, 1.807) is 24.3 Å². The van der Waals surface area contributed by atoms with Gasteiger partial charge in [0.05, 0.1) is 11.1 Å². The quantitative estimate of drug-likeness (QED) is 0.852. The second-order valence-corrected chi connectivity index (χ2v) is 4.80. The highest BCUT2D eigenvalue weighted by Crippen LogP contribution is 2.31. The van der Waals surface area contributed by atoms with Crippen molar-refractivity contribution < 1.29 is 23.1 Å². The summed E-state index contributed by atoms with van der Waals surface area (Å²) >= 11 is 0. The Labute approximate surface area is 128 Å². The number of aliphatic imine (C=N–C) groups is 1. The topological polar surface area (TPSA) is 62.5 Å². The van der Waals surface area contributed by atoms with Gasteiger partial charge in [-0.1, -0.05) is 24.3 Å². The first-order valence-electron chi connectivity index (χ1n) is 6.52. The lowest BCUT2D eigenvalue weighted by atomic mass is 10.1. The lowest BCUT2D eigenvalue weighted by Crippen LogP contribution is -2.04. The fraction of sp³-hybridized carbons (Fsp3) is 0.0625. The molecule has 1 aliphatic rings. The van der Waals surface area contributed by atoms with Crippen LogP contribution >= 0.6 is 0 Å². The van der Waals surface area contributed by atoms with Gasteiger partial charge in [-0.2, -0.15) is 13.2 Å². The number of carbonyl (C=O) groups excluding carboxylic acids is 1. The number of nitrogens with zero attached hydrogens (tertiary/aromatic N) is 2. The fourth-order valence-corrected chi connectivity index (χ4v) is 2.17. The van der Waals surface area contributed by atoms with Crippen LogP contribution in [0.1, 0.15) is 21.5 Å². The molecule has 0 unspecified atom stereocenters. The Bertz CT molecular complexity index is 837. The Hall–Kier alpha value is -2.96. The highest BCUT2D eigenvalue weighted by atomic mass is 19.4. The van der Waals surface area contributed by atoms with Gasteiger partial charge >= 0.3 is 6.18 Å². The highest BCUT2D eigenvalue weighted by molar-refractivity contribution is 6.30. The molecule has 0 bridgehead atoms. The van der Waals surface area contributed by atoms with Crippen molar-refractivity contribution >= 4 is 23.6 Å². The van der Waals surface area contributed by atoms with Crippen molar-refractivity contribution in [2.75, 3.05) is 0 Å². The summed E-state index contributed by atoms with van der Waals surface area (Å²) in [5, 5.41) is 10.0. The van der Waals surface area contributed by atoms with E-state index in [0.717, 1.165) is 18.3 Å². The van der Waals surface area contributed by atoms with Gasteiger partial charge in [0.1, 0.15) is 5.76 Å². The third-order valence-corrected chi connectivity index (χ3v) is 3.33. The van der Waals surface area contributed by atoms with Crippen LogP contribution in [0, 0.1) is 0 Å². The molecule has 1 aliphatic carbocycles. The van der Waals surface area contributed by atoms with E-state index in [4.69, 9.17) is 0 Å². The Morgan fingerprint density at radius 1 is 1.09 bits per heavy atom. The number of ketones is 1. The molecule has 0 amide bonds. The zero-order valence-corrected chi connectivity index (χ0v) is 11.5. The molecule has 7 heteroatoms. The number of carbonyl (C=O) groups is 1. The molecule has 116 valence electrons. The van der Waals surface area contributed by atoms with Gasteiger partial charge in [-0.3, -0.25) is 4.79 Å². The number of fused-ring (bicyclic) bond motifs is 1. The Morgan fingerprint density at radius 3 is 2.35 bits per heavy atom. The number of aliphatic hydroxyl groups is 1. The minimum Gasteiger partial charge on any atom is -0.506 e. The molecule has 4 nitrogen and oxygen atoms in total. The van der Waals surface area contributed by atoms with Crippen molar-refractivity contribution in [2.45, 2.75) is 6.18 Å². The average Bonchev–Trinajstić information content (AvgIpc) is 2.77. The Morgan fingerprint density at radius 2 is 1.78 bits per heavy atom. The monoisotopic (exact) mass is 318 g/mol. The van der Waals surface area contributed by atoms with Gasteiger partial charge in [0, 0.05) is 23.5 Å². The van der Waals surface area contributed by atoms with Gasteiger partial charge in [0.25, 0.3) is 0 Å². The van der Waals surface area contributed by atoms with Crippen molar-refractivity contribution in [1.29, 1.82) is 0 Å². The number of aromatic nitrogens is 1. The summed E-state index contributed by atoms with van der Waals surface area (Å²) in [5.74, 6) is -0.600. The standard InChI is InChI=1S/C16H9F3N2O2/c17-16(18,19)9-5-6-13(20-7-9)21-8-12-14(22)10-3-1-2-4-11(10)15(12)23/h1-8,22H. The number of Topliss-reactive ketones (excluding diaryl/α,β-unsaturated/α-hetero) is 1. The molecule has 1 heterocycles. The zero-order chi connectivity index (χ0) is 16.6. The van der Waals surface area contributed by atoms with Crippen LogP contribution < -0.4 is 0 Å². The summed E-state index contributed by atoms with van der Waals surface area (Å²) in [6, 6.07) is 8.45. The largest absolute Gasteiger partial charge is 0.506 e. The smallest absolute Gasteiger partial charge is 0.417 e. The summed E-state index contributed by atoms with van der Waals surface area (Å²) in [5.41, 5.74) is -0.151. The van der Waals surface area contributed by atoms with Crippen LogP contribution in [0.25, 0.3) is 5.76 Å². The first-order chi connectivity index (χ1) is 10.9. The molecule has 0 spiro atoms. The molecule has 0 atom stereocenters. The summed E-state index contributed by atoms with van der Waals surface area (Å²) in [7, 11) is 0. The van der Waals surface area contributed by atoms with Crippen LogP contribution in [-0.2, 0) is 6.18 Å². The van der Waals surface area contributed by atoms with E-state index >= 15 is 0 Å². The number of allylic oxidation sites excluding steroid dienone is 1. The average molecular weight is 318 g/mol. The lowest BCUT2D eigenvalue weighted by molar-refractivity contribution is -0.137. The number of pyridine rings is 1. The third-order valence-electron chi connectivity index (χ3n) is 3.33. The van der Waals surface area contributed by atoms with Gasteiger partial charge in [-0.25, -0.2) is 9.98 Å². The summed E-state index contributed by atoms with van der Waals surface area (Å²) in [6.07, 6.45) is -2.71. The summed E-state index contributed by atoms with van der Waals surface area (Å²) in [4.78, 5) is 19.6.